The first-order chi connectivity index (χ1) is 12.6. The van der Waals surface area contributed by atoms with E-state index >= 15 is 0 Å². The summed E-state index contributed by atoms with van der Waals surface area (Å²) in [6, 6.07) is 8.21. The molecule has 6 nitrogen and oxygen atoms in total. The lowest BCUT2D eigenvalue weighted by molar-refractivity contribution is -0.132. The summed E-state index contributed by atoms with van der Waals surface area (Å²) in [4.78, 5) is 40.2. The van der Waals surface area contributed by atoms with Crippen molar-refractivity contribution in [2.45, 2.75) is 64.0 Å². The predicted molar refractivity (Wildman–Crippen MR) is 99.7 cm³/mol. The average molecular weight is 357 g/mol. The van der Waals surface area contributed by atoms with Crippen LogP contribution in [-0.4, -0.2) is 41.4 Å². The molecule has 1 aromatic carbocycles. The van der Waals surface area contributed by atoms with E-state index in [1.54, 1.807) is 19.1 Å². The number of nitrogens with one attached hydrogen (secondary N) is 1. The molecule has 3 rings (SSSR count). The van der Waals surface area contributed by atoms with Gasteiger partial charge in [-0.3, -0.25) is 19.4 Å². The molecule has 2 aliphatic rings. The maximum absolute atomic E-state index is 12.7. The van der Waals surface area contributed by atoms with Crippen LogP contribution in [0.25, 0.3) is 0 Å². The van der Waals surface area contributed by atoms with Crippen molar-refractivity contribution in [3.8, 4) is 0 Å². The van der Waals surface area contributed by atoms with Gasteiger partial charge < -0.3 is 5.32 Å². The molecule has 1 atom stereocenters. The number of nitrogens with zero attached hydrogens (tertiary/aromatic N) is 2. The molecule has 2 fully saturated rings. The largest absolute Gasteiger partial charge is 0.352 e. The number of amides is 4. The molecule has 1 heterocycles. The van der Waals surface area contributed by atoms with Gasteiger partial charge in [-0.05, 0) is 31.9 Å². The Bertz CT molecular complexity index is 654. The number of rotatable bonds is 4. The van der Waals surface area contributed by atoms with Crippen LogP contribution in [0.4, 0.5) is 10.5 Å². The Morgan fingerprint density at radius 2 is 1.65 bits per heavy atom. The lowest BCUT2D eigenvalue weighted by Crippen LogP contribution is -2.45. The standard InChI is InChI=1S/C20H27N3O3/c1-15-19(25)22(20(26)23(15)17-12-8-5-9-13-17)14-18(24)21-16-10-6-3-2-4-7-11-16/h5,8-9,12-13,15-16H,2-4,6-7,10-11,14H2,1H3,(H,21,24). The van der Waals surface area contributed by atoms with Crippen molar-refractivity contribution < 1.29 is 14.4 Å². The molecular formula is C20H27N3O3. The maximum Gasteiger partial charge on any atom is 0.332 e. The fourth-order valence-corrected chi connectivity index (χ4v) is 3.81. The van der Waals surface area contributed by atoms with E-state index in [9.17, 15) is 14.4 Å². The lowest BCUT2D eigenvalue weighted by atomic mass is 9.97. The number of para-hydroxylation sites is 1. The molecule has 6 heteroatoms. The minimum atomic E-state index is -0.598. The van der Waals surface area contributed by atoms with Crippen LogP contribution in [0.2, 0.25) is 0 Å². The van der Waals surface area contributed by atoms with Crippen LogP contribution in [0.5, 0.6) is 0 Å². The first-order valence-corrected chi connectivity index (χ1v) is 9.57. The first-order valence-electron chi connectivity index (χ1n) is 9.57. The third-order valence-electron chi connectivity index (χ3n) is 5.25. The van der Waals surface area contributed by atoms with Crippen LogP contribution in [0.15, 0.2) is 30.3 Å². The molecule has 0 bridgehead atoms. The zero-order valence-electron chi connectivity index (χ0n) is 15.3. The van der Waals surface area contributed by atoms with Gasteiger partial charge in [-0.1, -0.05) is 50.3 Å². The Hall–Kier alpha value is -2.37. The molecule has 26 heavy (non-hydrogen) atoms. The van der Waals surface area contributed by atoms with Crippen molar-refractivity contribution in [2.75, 3.05) is 11.4 Å². The predicted octanol–water partition coefficient (Wildman–Crippen LogP) is 3.07. The third kappa shape index (κ3) is 4.06. The van der Waals surface area contributed by atoms with Gasteiger partial charge in [0.1, 0.15) is 12.6 Å². The van der Waals surface area contributed by atoms with E-state index in [2.05, 4.69) is 5.32 Å². The zero-order valence-corrected chi connectivity index (χ0v) is 15.3. The van der Waals surface area contributed by atoms with E-state index < -0.39 is 12.1 Å². The molecule has 4 amide bonds. The quantitative estimate of drug-likeness (QED) is 0.842. The lowest BCUT2D eigenvalue weighted by Gasteiger charge is -2.22. The number of anilines is 1. The van der Waals surface area contributed by atoms with Crippen LogP contribution < -0.4 is 10.2 Å². The van der Waals surface area contributed by atoms with Crippen molar-refractivity contribution in [1.29, 1.82) is 0 Å². The number of imide groups is 1. The molecule has 1 N–H and O–H groups in total. The first kappa shape index (κ1) is 18.4. The summed E-state index contributed by atoms with van der Waals surface area (Å²) in [6.07, 6.45) is 7.86. The van der Waals surface area contributed by atoms with Crippen molar-refractivity contribution in [3.05, 3.63) is 30.3 Å². The van der Waals surface area contributed by atoms with Gasteiger partial charge in [0.25, 0.3) is 5.91 Å². The molecule has 0 spiro atoms. The topological polar surface area (TPSA) is 69.7 Å². The van der Waals surface area contributed by atoms with Crippen molar-refractivity contribution in [1.82, 2.24) is 10.2 Å². The summed E-state index contributed by atoms with van der Waals surface area (Å²) >= 11 is 0. The molecule has 1 saturated heterocycles. The van der Waals surface area contributed by atoms with Crippen molar-refractivity contribution >= 4 is 23.5 Å². The molecule has 1 unspecified atom stereocenters. The second kappa shape index (κ2) is 8.34. The molecule has 140 valence electrons. The highest BCUT2D eigenvalue weighted by Crippen LogP contribution is 2.25. The number of carbonyl (C=O) groups excluding carboxylic acids is 3. The summed E-state index contributed by atoms with van der Waals surface area (Å²) in [6.45, 7) is 1.49. The van der Waals surface area contributed by atoms with E-state index in [4.69, 9.17) is 0 Å². The minimum Gasteiger partial charge on any atom is -0.352 e. The van der Waals surface area contributed by atoms with E-state index in [1.807, 2.05) is 18.2 Å². The van der Waals surface area contributed by atoms with Gasteiger partial charge in [-0.2, -0.15) is 0 Å². The molecule has 1 aliphatic carbocycles. The fraction of sp³-hybridized carbons (Fsp3) is 0.550. The summed E-state index contributed by atoms with van der Waals surface area (Å²) in [5.41, 5.74) is 0.668. The van der Waals surface area contributed by atoms with Crippen LogP contribution in [0.3, 0.4) is 0 Å². The second-order valence-electron chi connectivity index (χ2n) is 7.20. The Balaban J connectivity index is 1.62. The highest BCUT2D eigenvalue weighted by Gasteiger charge is 2.44. The number of urea groups is 1. The molecule has 0 radical (unpaired) electrons. The van der Waals surface area contributed by atoms with Gasteiger partial charge in [-0.25, -0.2) is 4.79 Å². The number of hydrogen-bond donors (Lipinski definition) is 1. The Labute approximate surface area is 154 Å². The van der Waals surface area contributed by atoms with Crippen molar-refractivity contribution in [2.24, 2.45) is 0 Å². The number of hydrogen-bond acceptors (Lipinski definition) is 3. The minimum absolute atomic E-state index is 0.151. The smallest absolute Gasteiger partial charge is 0.332 e. The van der Waals surface area contributed by atoms with Gasteiger partial charge in [0.2, 0.25) is 5.91 Å². The van der Waals surface area contributed by atoms with Crippen molar-refractivity contribution in [3.63, 3.8) is 0 Å². The molecule has 0 aromatic heterocycles. The van der Waals surface area contributed by atoms with E-state index in [0.717, 1.165) is 30.6 Å². The van der Waals surface area contributed by atoms with Gasteiger partial charge in [-0.15, -0.1) is 0 Å². The van der Waals surface area contributed by atoms with Crippen LogP contribution in [-0.2, 0) is 9.59 Å². The summed E-state index contributed by atoms with van der Waals surface area (Å²) in [5.74, 6) is -0.578. The molecule has 1 aromatic rings. The van der Waals surface area contributed by atoms with Crippen LogP contribution in [0, 0.1) is 0 Å². The van der Waals surface area contributed by atoms with Crippen LogP contribution >= 0.6 is 0 Å². The fourth-order valence-electron chi connectivity index (χ4n) is 3.81. The van der Waals surface area contributed by atoms with Gasteiger partial charge in [0.05, 0.1) is 0 Å². The normalized spacial score (nSPS) is 22.3. The maximum atomic E-state index is 12.7. The second-order valence-corrected chi connectivity index (χ2v) is 7.20. The van der Waals surface area contributed by atoms with E-state index in [1.165, 1.54) is 24.2 Å². The summed E-state index contributed by atoms with van der Waals surface area (Å²) in [5, 5.41) is 3.02. The zero-order chi connectivity index (χ0) is 18.5. The molecule has 1 aliphatic heterocycles. The third-order valence-corrected chi connectivity index (χ3v) is 5.25. The van der Waals surface area contributed by atoms with Gasteiger partial charge >= 0.3 is 6.03 Å². The summed E-state index contributed by atoms with van der Waals surface area (Å²) < 4.78 is 0. The van der Waals surface area contributed by atoms with Gasteiger partial charge in [0.15, 0.2) is 0 Å². The Kier molecular flexibility index (Phi) is 5.91. The molecule has 1 saturated carbocycles. The summed E-state index contributed by atoms with van der Waals surface area (Å²) in [7, 11) is 0. The highest BCUT2D eigenvalue weighted by atomic mass is 16.2. The molecular weight excluding hydrogens is 330 g/mol. The average Bonchev–Trinajstić information content (AvgIpc) is 2.81. The Morgan fingerprint density at radius 1 is 1.04 bits per heavy atom. The van der Waals surface area contributed by atoms with Crippen LogP contribution in [0.1, 0.15) is 51.9 Å². The van der Waals surface area contributed by atoms with E-state index in [-0.39, 0.29) is 24.4 Å². The SMILES string of the molecule is CC1C(=O)N(CC(=O)NC2CCCCCCC2)C(=O)N1c1ccccc1. The van der Waals surface area contributed by atoms with E-state index in [0.29, 0.717) is 5.69 Å². The highest BCUT2D eigenvalue weighted by molar-refractivity contribution is 6.15. The number of benzene rings is 1. The number of carbonyl (C=O) groups is 3. The Morgan fingerprint density at radius 3 is 2.31 bits per heavy atom. The monoisotopic (exact) mass is 357 g/mol. The van der Waals surface area contributed by atoms with Gasteiger partial charge in [0, 0.05) is 11.7 Å².